The van der Waals surface area contributed by atoms with E-state index in [1.165, 1.54) is 0 Å². The van der Waals surface area contributed by atoms with Crippen LogP contribution in [0, 0.1) is 10.8 Å². The number of halogens is 2. The Morgan fingerprint density at radius 2 is 1.82 bits per heavy atom. The van der Waals surface area contributed by atoms with Crippen molar-refractivity contribution in [3.63, 3.8) is 0 Å². The molecular formula is C5H6F2N4. The van der Waals surface area contributed by atoms with Crippen LogP contribution in [-0.4, -0.2) is 29.7 Å². The summed E-state index contributed by atoms with van der Waals surface area (Å²) in [6, 6.07) is 0. The smallest absolute Gasteiger partial charge is 0.199 e. The molecule has 0 aromatic heterocycles. The number of nitrogens with two attached hydrogens (primary N) is 1. The van der Waals surface area contributed by atoms with Crippen molar-refractivity contribution in [3.8, 4) is 0 Å². The number of hydrogen-bond acceptors (Lipinski definition) is 3. The van der Waals surface area contributed by atoms with Crippen molar-refractivity contribution in [2.45, 2.75) is 12.3 Å². The monoisotopic (exact) mass is 160 g/mol. The van der Waals surface area contributed by atoms with Crippen LogP contribution in [0.1, 0.15) is 0 Å². The van der Waals surface area contributed by atoms with Gasteiger partial charge in [0.05, 0.1) is 5.71 Å². The largest absolute Gasteiger partial charge is 0.384 e. The number of amidine groups is 2. The van der Waals surface area contributed by atoms with E-state index in [2.05, 4.69) is 4.99 Å². The van der Waals surface area contributed by atoms with Crippen LogP contribution in [-0.2, 0) is 0 Å². The Morgan fingerprint density at radius 1 is 1.27 bits per heavy atom. The van der Waals surface area contributed by atoms with Crippen molar-refractivity contribution in [2.75, 3.05) is 0 Å². The van der Waals surface area contributed by atoms with E-state index in [1.807, 2.05) is 0 Å². The van der Waals surface area contributed by atoms with Crippen LogP contribution in [0.25, 0.3) is 0 Å². The summed E-state index contributed by atoms with van der Waals surface area (Å²) in [7, 11) is 0. The second-order valence-electron chi connectivity index (χ2n) is 2.10. The molecule has 0 aromatic rings. The number of nitrogens with one attached hydrogen (secondary N) is 2. The maximum absolute atomic E-state index is 12.6. The van der Waals surface area contributed by atoms with Crippen molar-refractivity contribution in [2.24, 2.45) is 10.7 Å². The highest BCUT2D eigenvalue weighted by molar-refractivity contribution is 6.24. The number of alkyl halides is 2. The third kappa shape index (κ3) is 1.11. The molecule has 0 amide bonds. The first kappa shape index (κ1) is 7.77. The predicted octanol–water partition coefficient (Wildman–Crippen LogP) is 0.0304. The fraction of sp³-hybridized carbons (Fsp3) is 0.400. The molecule has 0 aliphatic carbocycles. The molecule has 0 saturated heterocycles. The Balaban J connectivity index is 3.01. The van der Waals surface area contributed by atoms with Gasteiger partial charge in [0.15, 0.2) is 18.2 Å². The number of nitrogens with zero attached hydrogens (tertiary/aromatic N) is 1. The summed E-state index contributed by atoms with van der Waals surface area (Å²) in [4.78, 5) is 3.08. The molecule has 11 heavy (non-hydrogen) atoms. The second-order valence-corrected chi connectivity index (χ2v) is 2.10. The van der Waals surface area contributed by atoms with E-state index in [1.54, 1.807) is 0 Å². The molecule has 0 bridgehead atoms. The van der Waals surface area contributed by atoms with Gasteiger partial charge in [-0.3, -0.25) is 5.41 Å². The van der Waals surface area contributed by atoms with Crippen molar-refractivity contribution in [1.82, 2.24) is 0 Å². The molecule has 6 heteroatoms. The first-order valence-corrected chi connectivity index (χ1v) is 2.83. The normalized spacial score (nSPS) is 32.0. The lowest BCUT2D eigenvalue weighted by molar-refractivity contribution is 0.446. The Kier molecular flexibility index (Phi) is 1.67. The molecule has 2 unspecified atom stereocenters. The van der Waals surface area contributed by atoms with Crippen molar-refractivity contribution in [1.29, 1.82) is 10.8 Å². The van der Waals surface area contributed by atoms with Gasteiger partial charge in [-0.25, -0.2) is 13.8 Å². The molecule has 0 aromatic carbocycles. The summed E-state index contributed by atoms with van der Waals surface area (Å²) >= 11 is 0. The van der Waals surface area contributed by atoms with E-state index in [0.29, 0.717) is 0 Å². The highest BCUT2D eigenvalue weighted by Crippen LogP contribution is 2.10. The second kappa shape index (κ2) is 2.37. The van der Waals surface area contributed by atoms with Gasteiger partial charge in [0.25, 0.3) is 0 Å². The van der Waals surface area contributed by atoms with Crippen LogP contribution in [0.15, 0.2) is 4.99 Å². The Labute approximate surface area is 61.1 Å². The number of aliphatic imine (C=N–C) groups is 1. The lowest BCUT2D eigenvalue weighted by Gasteiger charge is -2.17. The maximum Gasteiger partial charge on any atom is 0.199 e. The molecule has 2 atom stereocenters. The van der Waals surface area contributed by atoms with E-state index in [0.717, 1.165) is 0 Å². The van der Waals surface area contributed by atoms with Gasteiger partial charge >= 0.3 is 0 Å². The summed E-state index contributed by atoms with van der Waals surface area (Å²) in [6.45, 7) is 0. The summed E-state index contributed by atoms with van der Waals surface area (Å²) in [5, 5.41) is 13.6. The molecule has 1 heterocycles. The molecule has 60 valence electrons. The topological polar surface area (TPSA) is 86.1 Å². The van der Waals surface area contributed by atoms with E-state index in [9.17, 15) is 8.78 Å². The van der Waals surface area contributed by atoms with Crippen molar-refractivity contribution >= 4 is 17.4 Å². The van der Waals surface area contributed by atoms with Gasteiger partial charge in [0.2, 0.25) is 0 Å². The zero-order chi connectivity index (χ0) is 8.59. The maximum atomic E-state index is 12.6. The van der Waals surface area contributed by atoms with Crippen LogP contribution in [0.2, 0.25) is 0 Å². The highest BCUT2D eigenvalue weighted by Gasteiger charge is 2.33. The molecule has 1 rings (SSSR count). The van der Waals surface area contributed by atoms with Crippen LogP contribution in [0.5, 0.6) is 0 Å². The average molecular weight is 160 g/mol. The van der Waals surface area contributed by atoms with Crippen molar-refractivity contribution in [3.05, 3.63) is 0 Å². The lowest BCUT2D eigenvalue weighted by atomic mass is 10.1. The number of hydrogen-bond donors (Lipinski definition) is 3. The average Bonchev–Trinajstić information content (AvgIpc) is 1.97. The van der Waals surface area contributed by atoms with Gasteiger partial charge in [-0.15, -0.1) is 0 Å². The van der Waals surface area contributed by atoms with E-state index >= 15 is 0 Å². The molecule has 1 aliphatic heterocycles. The van der Waals surface area contributed by atoms with E-state index in [-0.39, 0.29) is 0 Å². The predicted molar refractivity (Wildman–Crippen MR) is 36.9 cm³/mol. The molecule has 4 N–H and O–H groups in total. The van der Waals surface area contributed by atoms with E-state index in [4.69, 9.17) is 16.6 Å². The molecule has 0 saturated carbocycles. The van der Waals surface area contributed by atoms with Gasteiger partial charge in [-0.05, 0) is 0 Å². The quantitative estimate of drug-likeness (QED) is 0.458. The minimum absolute atomic E-state index is 0.520. The highest BCUT2D eigenvalue weighted by atomic mass is 19.1. The van der Waals surface area contributed by atoms with Gasteiger partial charge in [-0.2, -0.15) is 0 Å². The van der Waals surface area contributed by atoms with Crippen LogP contribution in [0.3, 0.4) is 0 Å². The molecule has 1 aliphatic rings. The minimum Gasteiger partial charge on any atom is -0.384 e. The van der Waals surface area contributed by atoms with Gasteiger partial charge in [-0.1, -0.05) is 0 Å². The van der Waals surface area contributed by atoms with E-state index < -0.39 is 29.7 Å². The summed E-state index contributed by atoms with van der Waals surface area (Å²) in [6.07, 6.45) is -4.02. The fourth-order valence-electron chi connectivity index (χ4n) is 0.688. The molecule has 0 radical (unpaired) electrons. The third-order valence-corrected chi connectivity index (χ3v) is 1.30. The van der Waals surface area contributed by atoms with Crippen LogP contribution < -0.4 is 5.73 Å². The van der Waals surface area contributed by atoms with Gasteiger partial charge in [0.1, 0.15) is 5.84 Å². The summed E-state index contributed by atoms with van der Waals surface area (Å²) < 4.78 is 25.1. The molecule has 0 spiro atoms. The zero-order valence-corrected chi connectivity index (χ0v) is 5.44. The molecule has 4 nitrogen and oxygen atoms in total. The standard InChI is InChI=1S/C5H6F2N4/c6-1-3(8)2(7)5(10)11-4(1)9/h1-2,8H,(H3,9,10,11). The van der Waals surface area contributed by atoms with Gasteiger partial charge < -0.3 is 11.1 Å². The van der Waals surface area contributed by atoms with Crippen molar-refractivity contribution < 1.29 is 8.78 Å². The first-order chi connectivity index (χ1) is 5.04. The fourth-order valence-corrected chi connectivity index (χ4v) is 0.688. The summed E-state index contributed by atoms with van der Waals surface area (Å²) in [5.41, 5.74) is 4.10. The van der Waals surface area contributed by atoms with Gasteiger partial charge in [0, 0.05) is 0 Å². The Bertz CT molecular complexity index is 247. The molecule has 0 fully saturated rings. The minimum atomic E-state index is -2.04. The Morgan fingerprint density at radius 3 is 2.36 bits per heavy atom. The summed E-state index contributed by atoms with van der Waals surface area (Å²) in [5.74, 6) is -1.23. The van der Waals surface area contributed by atoms with Crippen LogP contribution >= 0.6 is 0 Å². The Hall–Kier alpha value is -1.33. The lowest BCUT2D eigenvalue weighted by Crippen LogP contribution is -2.44. The number of rotatable bonds is 0. The van der Waals surface area contributed by atoms with Crippen LogP contribution in [0.4, 0.5) is 8.78 Å². The first-order valence-electron chi connectivity index (χ1n) is 2.83. The molecular weight excluding hydrogens is 154 g/mol. The SMILES string of the molecule is N=C1N=C(N)C(F)C(=N)C1F. The third-order valence-electron chi connectivity index (χ3n) is 1.30. The zero-order valence-electron chi connectivity index (χ0n) is 5.44.